The summed E-state index contributed by atoms with van der Waals surface area (Å²) in [5.74, 6) is 0.113. The average molecular weight is 355 g/mol. The second-order valence-corrected chi connectivity index (χ2v) is 4.87. The Morgan fingerprint density at radius 3 is 2.83 bits per heavy atom. The van der Waals surface area contributed by atoms with Gasteiger partial charge < -0.3 is 9.40 Å². The highest BCUT2D eigenvalue weighted by molar-refractivity contribution is 6.32. The van der Waals surface area contributed by atoms with E-state index in [0.717, 1.165) is 6.07 Å². The highest BCUT2D eigenvalue weighted by Crippen LogP contribution is 2.32. The zero-order chi connectivity index (χ0) is 17.7. The van der Waals surface area contributed by atoms with Crippen molar-refractivity contribution in [2.45, 2.75) is 6.18 Å². The van der Waals surface area contributed by atoms with Gasteiger partial charge in [0.25, 0.3) is 0 Å². The summed E-state index contributed by atoms with van der Waals surface area (Å²) in [6, 6.07) is 6.00. The Bertz CT molecular complexity index is 834. The molecule has 0 radical (unpaired) electrons. The number of pyridine rings is 1. The van der Waals surface area contributed by atoms with Crippen molar-refractivity contribution in [1.29, 1.82) is 5.26 Å². The minimum Gasteiger partial charge on any atom is -0.399 e. The molecular formula is C15H10ClF3N4O. The highest BCUT2D eigenvalue weighted by atomic mass is 35.5. The van der Waals surface area contributed by atoms with Crippen LogP contribution >= 0.6 is 11.6 Å². The average Bonchev–Trinajstić information content (AvgIpc) is 2.98. The number of hydrogen-bond acceptors (Lipinski definition) is 4. The van der Waals surface area contributed by atoms with E-state index >= 15 is 0 Å². The van der Waals surface area contributed by atoms with Crippen molar-refractivity contribution < 1.29 is 18.0 Å². The second kappa shape index (κ2) is 7.19. The molecular weight excluding hydrogens is 345 g/mol. The molecule has 2 aromatic rings. The lowest BCUT2D eigenvalue weighted by Gasteiger charge is -2.11. The predicted octanol–water partition coefficient (Wildman–Crippen LogP) is 4.08. The number of hydrogen-bond donors (Lipinski definition) is 0. The standard InChI is InChI=1S/C15H10ClF3N4O/c1-24-22-8-10(7-20)5-12-3-2-4-23(12)14-13(16)6-11(9-21-14)15(17,18)19/h2-6,8-9H,1H3/b10-5-,22-8+. The highest BCUT2D eigenvalue weighted by Gasteiger charge is 2.31. The van der Waals surface area contributed by atoms with Gasteiger partial charge in [0.05, 0.1) is 22.4 Å². The zero-order valence-electron chi connectivity index (χ0n) is 12.3. The van der Waals surface area contributed by atoms with E-state index in [2.05, 4.69) is 15.0 Å². The molecule has 0 fully saturated rings. The van der Waals surface area contributed by atoms with Gasteiger partial charge in [0.1, 0.15) is 13.2 Å². The monoisotopic (exact) mass is 354 g/mol. The van der Waals surface area contributed by atoms with Gasteiger partial charge in [-0.15, -0.1) is 0 Å². The molecule has 124 valence electrons. The first kappa shape index (κ1) is 17.6. The van der Waals surface area contributed by atoms with Crippen LogP contribution < -0.4 is 0 Å². The molecule has 0 atom stereocenters. The van der Waals surface area contributed by atoms with E-state index in [0.29, 0.717) is 11.9 Å². The number of rotatable bonds is 4. The molecule has 0 N–H and O–H groups in total. The Morgan fingerprint density at radius 1 is 1.50 bits per heavy atom. The fraction of sp³-hybridized carbons (Fsp3) is 0.133. The van der Waals surface area contributed by atoms with Gasteiger partial charge in [-0.2, -0.15) is 18.4 Å². The predicted molar refractivity (Wildman–Crippen MR) is 82.7 cm³/mol. The maximum absolute atomic E-state index is 12.7. The fourth-order valence-electron chi connectivity index (χ4n) is 1.83. The summed E-state index contributed by atoms with van der Waals surface area (Å²) in [6.45, 7) is 0. The Kier molecular flexibility index (Phi) is 5.26. The quantitative estimate of drug-likeness (QED) is 0.472. The SMILES string of the molecule is CO/N=C/C(C#N)=C\c1cccn1-c1ncc(C(F)(F)F)cc1Cl. The maximum Gasteiger partial charge on any atom is 0.417 e. The number of allylic oxidation sites excluding steroid dienone is 1. The van der Waals surface area contributed by atoms with E-state index in [4.69, 9.17) is 16.9 Å². The molecule has 9 heteroatoms. The summed E-state index contributed by atoms with van der Waals surface area (Å²) in [5, 5.41) is 12.4. The lowest BCUT2D eigenvalue weighted by Crippen LogP contribution is -2.08. The van der Waals surface area contributed by atoms with E-state index < -0.39 is 11.7 Å². The molecule has 5 nitrogen and oxygen atoms in total. The molecule has 24 heavy (non-hydrogen) atoms. The van der Waals surface area contributed by atoms with Crippen molar-refractivity contribution in [3.05, 3.63) is 52.4 Å². The molecule has 0 saturated carbocycles. The molecule has 0 saturated heterocycles. The van der Waals surface area contributed by atoms with Crippen LogP contribution in [0.5, 0.6) is 0 Å². The number of alkyl halides is 3. The van der Waals surface area contributed by atoms with E-state index in [1.54, 1.807) is 18.3 Å². The smallest absolute Gasteiger partial charge is 0.399 e. The largest absolute Gasteiger partial charge is 0.417 e. The Morgan fingerprint density at radius 2 is 2.25 bits per heavy atom. The minimum absolute atomic E-state index is 0.113. The summed E-state index contributed by atoms with van der Waals surface area (Å²) in [6.07, 6.45) is 0.415. The maximum atomic E-state index is 12.7. The van der Waals surface area contributed by atoms with Gasteiger partial charge in [-0.05, 0) is 24.3 Å². The van der Waals surface area contributed by atoms with Crippen molar-refractivity contribution >= 4 is 23.9 Å². The van der Waals surface area contributed by atoms with Crippen LogP contribution in [0.3, 0.4) is 0 Å². The molecule has 0 amide bonds. The van der Waals surface area contributed by atoms with Crippen molar-refractivity contribution in [2.75, 3.05) is 7.11 Å². The van der Waals surface area contributed by atoms with E-state index in [9.17, 15) is 13.2 Å². The van der Waals surface area contributed by atoms with Gasteiger partial charge in [-0.1, -0.05) is 16.8 Å². The lowest BCUT2D eigenvalue weighted by molar-refractivity contribution is -0.137. The molecule has 0 unspecified atom stereocenters. The van der Waals surface area contributed by atoms with Crippen LogP contribution in [-0.2, 0) is 11.0 Å². The molecule has 0 spiro atoms. The van der Waals surface area contributed by atoms with Gasteiger partial charge in [0.2, 0.25) is 0 Å². The third-order valence-electron chi connectivity index (χ3n) is 2.89. The van der Waals surface area contributed by atoms with Crippen molar-refractivity contribution in [1.82, 2.24) is 9.55 Å². The van der Waals surface area contributed by atoms with Crippen LogP contribution in [0.4, 0.5) is 13.2 Å². The molecule has 2 rings (SSSR count). The Hall–Kier alpha value is -2.79. The van der Waals surface area contributed by atoms with E-state index in [1.165, 1.54) is 24.0 Å². The molecule has 0 aliphatic rings. The Balaban J connectivity index is 2.46. The van der Waals surface area contributed by atoms with Crippen LogP contribution in [0.2, 0.25) is 5.02 Å². The van der Waals surface area contributed by atoms with Crippen molar-refractivity contribution in [3.8, 4) is 11.9 Å². The number of halogens is 4. The summed E-state index contributed by atoms with van der Waals surface area (Å²) in [5.41, 5.74) is -0.270. The van der Waals surface area contributed by atoms with Crippen LogP contribution in [0, 0.1) is 11.3 Å². The first-order chi connectivity index (χ1) is 11.4. The summed E-state index contributed by atoms with van der Waals surface area (Å²) < 4.78 is 39.5. The first-order valence-electron chi connectivity index (χ1n) is 6.45. The molecule has 2 heterocycles. The van der Waals surface area contributed by atoms with Crippen molar-refractivity contribution in [2.24, 2.45) is 5.16 Å². The lowest BCUT2D eigenvalue weighted by atomic mass is 10.2. The molecule has 0 aromatic carbocycles. The van der Waals surface area contributed by atoms with Gasteiger partial charge in [-0.25, -0.2) is 4.98 Å². The van der Waals surface area contributed by atoms with Crippen LogP contribution in [-0.4, -0.2) is 22.9 Å². The number of aromatic nitrogens is 2. The normalized spacial score (nSPS) is 12.4. The summed E-state index contributed by atoms with van der Waals surface area (Å²) >= 11 is 5.94. The number of oxime groups is 1. The third-order valence-corrected chi connectivity index (χ3v) is 3.17. The topological polar surface area (TPSA) is 63.2 Å². The summed E-state index contributed by atoms with van der Waals surface area (Å²) in [4.78, 5) is 8.29. The Labute approximate surface area is 140 Å². The minimum atomic E-state index is -4.53. The van der Waals surface area contributed by atoms with Gasteiger partial charge in [0.15, 0.2) is 5.82 Å². The molecule has 2 aromatic heterocycles. The van der Waals surface area contributed by atoms with Crippen molar-refractivity contribution in [3.63, 3.8) is 0 Å². The first-order valence-corrected chi connectivity index (χ1v) is 6.83. The molecule has 0 aliphatic heterocycles. The second-order valence-electron chi connectivity index (χ2n) is 4.46. The van der Waals surface area contributed by atoms with Gasteiger partial charge in [0, 0.05) is 18.1 Å². The third kappa shape index (κ3) is 3.94. The van der Waals surface area contributed by atoms with Crippen LogP contribution in [0.1, 0.15) is 11.3 Å². The van der Waals surface area contributed by atoms with E-state index in [1.807, 2.05) is 6.07 Å². The zero-order valence-corrected chi connectivity index (χ0v) is 13.0. The number of nitriles is 1. The van der Waals surface area contributed by atoms with Crippen LogP contribution in [0.25, 0.3) is 11.9 Å². The van der Waals surface area contributed by atoms with Crippen LogP contribution in [0.15, 0.2) is 41.3 Å². The number of nitrogens with zero attached hydrogens (tertiary/aromatic N) is 4. The van der Waals surface area contributed by atoms with Gasteiger partial charge in [-0.3, -0.25) is 0 Å². The molecule has 0 bridgehead atoms. The van der Waals surface area contributed by atoms with Gasteiger partial charge >= 0.3 is 6.18 Å². The molecule has 0 aliphatic carbocycles. The summed E-state index contributed by atoms with van der Waals surface area (Å²) in [7, 11) is 1.33. The fourth-order valence-corrected chi connectivity index (χ4v) is 2.09. The van der Waals surface area contributed by atoms with E-state index in [-0.39, 0.29) is 16.4 Å².